The van der Waals surface area contributed by atoms with Crippen molar-refractivity contribution in [1.29, 1.82) is 0 Å². The molecule has 3 rings (SSSR count). The van der Waals surface area contributed by atoms with Crippen LogP contribution in [0.5, 0.6) is 5.75 Å². The van der Waals surface area contributed by atoms with E-state index in [0.717, 1.165) is 43.8 Å². The molecule has 0 atom stereocenters. The molecule has 160 valence electrons. The summed E-state index contributed by atoms with van der Waals surface area (Å²) in [5.41, 5.74) is 3.52. The second-order valence-corrected chi connectivity index (χ2v) is 6.74. The van der Waals surface area contributed by atoms with Gasteiger partial charge in [-0.2, -0.15) is 13.2 Å². The van der Waals surface area contributed by atoms with E-state index in [9.17, 15) is 18.0 Å². The zero-order valence-electron chi connectivity index (χ0n) is 16.5. The SMILES string of the molecule is COc1ccc(CN2CCCc3c(c(=O)n(C)n3C)C2)cc1.O=C(O)C(F)(F)F. The van der Waals surface area contributed by atoms with Gasteiger partial charge in [-0.25, -0.2) is 4.79 Å². The number of alkyl halides is 3. The molecule has 1 aromatic heterocycles. The number of halogens is 3. The maximum absolute atomic E-state index is 12.4. The van der Waals surface area contributed by atoms with Crippen molar-refractivity contribution in [2.45, 2.75) is 32.1 Å². The van der Waals surface area contributed by atoms with Gasteiger partial charge in [0.15, 0.2) is 0 Å². The van der Waals surface area contributed by atoms with Crippen LogP contribution in [-0.4, -0.2) is 45.2 Å². The third kappa shape index (κ3) is 5.63. The molecular weight excluding hydrogens is 391 g/mol. The summed E-state index contributed by atoms with van der Waals surface area (Å²) in [4.78, 5) is 23.6. The van der Waals surface area contributed by atoms with Crippen molar-refractivity contribution in [2.24, 2.45) is 14.1 Å². The Kier molecular flexibility index (Phi) is 7.12. The number of carboxylic acids is 1. The van der Waals surface area contributed by atoms with E-state index < -0.39 is 12.1 Å². The van der Waals surface area contributed by atoms with Crippen LogP contribution in [0.25, 0.3) is 0 Å². The zero-order chi connectivity index (χ0) is 21.8. The topological polar surface area (TPSA) is 76.7 Å². The van der Waals surface area contributed by atoms with Gasteiger partial charge >= 0.3 is 12.1 Å². The Balaban J connectivity index is 0.000000370. The van der Waals surface area contributed by atoms with E-state index in [0.29, 0.717) is 0 Å². The van der Waals surface area contributed by atoms with E-state index in [1.54, 1.807) is 11.8 Å². The van der Waals surface area contributed by atoms with E-state index in [4.69, 9.17) is 14.6 Å². The predicted molar refractivity (Wildman–Crippen MR) is 99.8 cm³/mol. The molecule has 0 saturated carbocycles. The molecule has 0 bridgehead atoms. The lowest BCUT2D eigenvalue weighted by molar-refractivity contribution is -0.192. The van der Waals surface area contributed by atoms with Crippen LogP contribution in [0.1, 0.15) is 23.2 Å². The molecular formula is C19H24F3N3O4. The van der Waals surface area contributed by atoms with Gasteiger partial charge in [0.1, 0.15) is 5.75 Å². The van der Waals surface area contributed by atoms with E-state index >= 15 is 0 Å². The number of aliphatic carboxylic acids is 1. The molecule has 2 aromatic rings. The fourth-order valence-corrected chi connectivity index (χ4v) is 3.20. The number of fused-ring (bicyclic) bond motifs is 1. The Hall–Kier alpha value is -2.75. The molecule has 0 unspecified atom stereocenters. The van der Waals surface area contributed by atoms with Crippen LogP contribution in [0.15, 0.2) is 29.1 Å². The molecule has 0 saturated heterocycles. The summed E-state index contributed by atoms with van der Waals surface area (Å²) in [5.74, 6) is -1.88. The predicted octanol–water partition coefficient (Wildman–Crippen LogP) is 2.31. The Morgan fingerprint density at radius 3 is 2.28 bits per heavy atom. The molecule has 0 aliphatic carbocycles. The second-order valence-electron chi connectivity index (χ2n) is 6.74. The standard InChI is InChI=1S/C17H23N3O2.C2HF3O2/c1-18-16-5-4-10-20(12-15(16)17(21)19(18)2)11-13-6-8-14(22-3)9-7-13;3-2(4,5)1(6)7/h6-9H,4-5,10-12H2,1-3H3;(H,6,7). The van der Waals surface area contributed by atoms with Crippen molar-refractivity contribution in [3.63, 3.8) is 0 Å². The van der Waals surface area contributed by atoms with Crippen LogP contribution in [0.4, 0.5) is 13.2 Å². The van der Waals surface area contributed by atoms with Gasteiger partial charge in [-0.15, -0.1) is 0 Å². The molecule has 0 amide bonds. The lowest BCUT2D eigenvalue weighted by Gasteiger charge is -2.19. The van der Waals surface area contributed by atoms with Gasteiger partial charge < -0.3 is 9.84 Å². The number of aromatic nitrogens is 2. The highest BCUT2D eigenvalue weighted by Crippen LogP contribution is 2.19. The maximum atomic E-state index is 12.4. The molecule has 1 aromatic carbocycles. The Labute approximate surface area is 165 Å². The molecule has 1 aliphatic rings. The van der Waals surface area contributed by atoms with Crippen molar-refractivity contribution in [3.8, 4) is 5.75 Å². The second kappa shape index (κ2) is 9.17. The first kappa shape index (κ1) is 22.5. The number of carboxylic acid groups (broad SMARTS) is 1. The largest absolute Gasteiger partial charge is 0.497 e. The fourth-order valence-electron chi connectivity index (χ4n) is 3.20. The summed E-state index contributed by atoms with van der Waals surface area (Å²) in [6, 6.07) is 8.15. The lowest BCUT2D eigenvalue weighted by Crippen LogP contribution is -2.27. The minimum Gasteiger partial charge on any atom is -0.497 e. The highest BCUT2D eigenvalue weighted by Gasteiger charge is 2.38. The summed E-state index contributed by atoms with van der Waals surface area (Å²) in [6.07, 6.45) is -3.03. The number of nitrogens with zero attached hydrogens (tertiary/aromatic N) is 3. The van der Waals surface area contributed by atoms with Crippen LogP contribution in [0.3, 0.4) is 0 Å². The van der Waals surface area contributed by atoms with Crippen molar-refractivity contribution in [3.05, 3.63) is 51.4 Å². The summed E-state index contributed by atoms with van der Waals surface area (Å²) in [7, 11) is 5.49. The quantitative estimate of drug-likeness (QED) is 0.833. The highest BCUT2D eigenvalue weighted by molar-refractivity contribution is 5.73. The molecule has 1 aliphatic heterocycles. The maximum Gasteiger partial charge on any atom is 0.490 e. The van der Waals surface area contributed by atoms with E-state index in [-0.39, 0.29) is 5.56 Å². The molecule has 29 heavy (non-hydrogen) atoms. The molecule has 0 fully saturated rings. The highest BCUT2D eigenvalue weighted by atomic mass is 19.4. The van der Waals surface area contributed by atoms with E-state index in [1.165, 1.54) is 11.3 Å². The molecule has 10 heteroatoms. The first-order valence-electron chi connectivity index (χ1n) is 8.93. The smallest absolute Gasteiger partial charge is 0.490 e. The number of ether oxygens (including phenoxy) is 1. The first-order chi connectivity index (χ1) is 13.5. The first-order valence-corrected chi connectivity index (χ1v) is 8.93. The summed E-state index contributed by atoms with van der Waals surface area (Å²) in [6.45, 7) is 2.61. The van der Waals surface area contributed by atoms with Crippen LogP contribution in [-0.2, 0) is 38.4 Å². The summed E-state index contributed by atoms with van der Waals surface area (Å²) >= 11 is 0. The van der Waals surface area contributed by atoms with Gasteiger partial charge in [0.25, 0.3) is 5.56 Å². The molecule has 2 heterocycles. The van der Waals surface area contributed by atoms with Gasteiger partial charge in [0.2, 0.25) is 0 Å². The van der Waals surface area contributed by atoms with Gasteiger partial charge in [-0.3, -0.25) is 19.1 Å². The molecule has 7 nitrogen and oxygen atoms in total. The van der Waals surface area contributed by atoms with Crippen LogP contribution in [0.2, 0.25) is 0 Å². The van der Waals surface area contributed by atoms with Crippen LogP contribution in [0, 0.1) is 0 Å². The number of hydrogen-bond donors (Lipinski definition) is 1. The van der Waals surface area contributed by atoms with E-state index in [2.05, 4.69) is 17.0 Å². The minimum absolute atomic E-state index is 0.138. The monoisotopic (exact) mass is 415 g/mol. The Bertz CT molecular complexity index is 901. The molecule has 0 spiro atoms. The zero-order valence-corrected chi connectivity index (χ0v) is 16.5. The van der Waals surface area contributed by atoms with Crippen molar-refractivity contribution < 1.29 is 27.8 Å². The van der Waals surface area contributed by atoms with Crippen molar-refractivity contribution >= 4 is 5.97 Å². The van der Waals surface area contributed by atoms with E-state index in [1.807, 2.05) is 30.9 Å². The molecule has 0 radical (unpaired) electrons. The Morgan fingerprint density at radius 1 is 1.17 bits per heavy atom. The van der Waals surface area contributed by atoms with Crippen LogP contribution >= 0.6 is 0 Å². The van der Waals surface area contributed by atoms with Crippen molar-refractivity contribution in [2.75, 3.05) is 13.7 Å². The third-order valence-electron chi connectivity index (χ3n) is 4.82. The number of benzene rings is 1. The number of carbonyl (C=O) groups is 1. The average molecular weight is 415 g/mol. The average Bonchev–Trinajstić information content (AvgIpc) is 2.83. The summed E-state index contributed by atoms with van der Waals surface area (Å²) < 4.78 is 40.6. The Morgan fingerprint density at radius 2 is 1.76 bits per heavy atom. The lowest BCUT2D eigenvalue weighted by atomic mass is 10.2. The van der Waals surface area contributed by atoms with Gasteiger partial charge in [0.05, 0.1) is 12.7 Å². The van der Waals surface area contributed by atoms with Crippen LogP contribution < -0.4 is 10.3 Å². The third-order valence-corrected chi connectivity index (χ3v) is 4.82. The van der Waals surface area contributed by atoms with Gasteiger partial charge in [-0.05, 0) is 37.1 Å². The fraction of sp³-hybridized carbons (Fsp3) is 0.474. The van der Waals surface area contributed by atoms with Gasteiger partial charge in [0, 0.05) is 32.9 Å². The van der Waals surface area contributed by atoms with Gasteiger partial charge in [-0.1, -0.05) is 12.1 Å². The number of methoxy groups -OCH3 is 1. The van der Waals surface area contributed by atoms with Crippen molar-refractivity contribution in [1.82, 2.24) is 14.3 Å². The molecule has 1 N–H and O–H groups in total. The number of hydrogen-bond acceptors (Lipinski definition) is 4. The summed E-state index contributed by atoms with van der Waals surface area (Å²) in [5, 5.41) is 7.12. The normalized spacial score (nSPS) is 14.4. The number of rotatable bonds is 3. The minimum atomic E-state index is -5.08.